The lowest BCUT2D eigenvalue weighted by Gasteiger charge is -2.26. The SMILES string of the molecule is COc1ccc(NC(=O)c2ccc(CN(c3c(C)cccc3C)S(C)(=O)=O)cc2)cc1Cl. The average Bonchev–Trinajstić information content (AvgIpc) is 2.73. The number of ether oxygens (including phenoxy) is 1. The third-order valence-corrected chi connectivity index (χ3v) is 6.45. The van der Waals surface area contributed by atoms with E-state index in [0.29, 0.717) is 27.7 Å². The van der Waals surface area contributed by atoms with E-state index in [-0.39, 0.29) is 12.5 Å². The van der Waals surface area contributed by atoms with Crippen LogP contribution in [0.5, 0.6) is 5.75 Å². The van der Waals surface area contributed by atoms with Crippen LogP contribution in [-0.4, -0.2) is 27.7 Å². The van der Waals surface area contributed by atoms with Crippen molar-refractivity contribution in [1.82, 2.24) is 0 Å². The van der Waals surface area contributed by atoms with Crippen molar-refractivity contribution in [2.45, 2.75) is 20.4 Å². The summed E-state index contributed by atoms with van der Waals surface area (Å²) in [6.45, 7) is 3.94. The molecule has 0 aliphatic rings. The van der Waals surface area contributed by atoms with Crippen LogP contribution < -0.4 is 14.4 Å². The first-order valence-electron chi connectivity index (χ1n) is 9.88. The summed E-state index contributed by atoms with van der Waals surface area (Å²) >= 11 is 6.11. The molecule has 0 fully saturated rings. The maximum Gasteiger partial charge on any atom is 0.255 e. The van der Waals surface area contributed by atoms with Gasteiger partial charge in [0.25, 0.3) is 5.91 Å². The van der Waals surface area contributed by atoms with E-state index in [2.05, 4.69) is 5.32 Å². The van der Waals surface area contributed by atoms with Gasteiger partial charge in [-0.1, -0.05) is 41.9 Å². The molecule has 0 aromatic heterocycles. The Labute approximate surface area is 193 Å². The van der Waals surface area contributed by atoms with Gasteiger partial charge in [-0.15, -0.1) is 0 Å². The Morgan fingerprint density at radius 1 is 1.03 bits per heavy atom. The zero-order chi connectivity index (χ0) is 23.5. The molecule has 1 N–H and O–H groups in total. The Hall–Kier alpha value is -3.03. The van der Waals surface area contributed by atoms with Crippen LogP contribution in [0.4, 0.5) is 11.4 Å². The lowest BCUT2D eigenvalue weighted by atomic mass is 10.1. The summed E-state index contributed by atoms with van der Waals surface area (Å²) in [7, 11) is -1.99. The van der Waals surface area contributed by atoms with E-state index < -0.39 is 10.0 Å². The molecule has 3 aromatic rings. The Morgan fingerprint density at radius 2 is 1.66 bits per heavy atom. The predicted octanol–water partition coefficient (Wildman–Crippen LogP) is 5.18. The topological polar surface area (TPSA) is 75.7 Å². The number of nitrogens with one attached hydrogen (secondary N) is 1. The summed E-state index contributed by atoms with van der Waals surface area (Å²) in [4.78, 5) is 12.6. The summed E-state index contributed by atoms with van der Waals surface area (Å²) in [5, 5.41) is 3.19. The number of methoxy groups -OCH3 is 1. The van der Waals surface area contributed by atoms with Gasteiger partial charge in [0.1, 0.15) is 5.75 Å². The van der Waals surface area contributed by atoms with Gasteiger partial charge in [0.15, 0.2) is 0 Å². The first-order valence-corrected chi connectivity index (χ1v) is 12.1. The molecule has 8 heteroatoms. The molecule has 0 saturated carbocycles. The monoisotopic (exact) mass is 472 g/mol. The highest BCUT2D eigenvalue weighted by Gasteiger charge is 2.21. The van der Waals surface area contributed by atoms with Gasteiger partial charge in [-0.05, 0) is 60.9 Å². The first-order chi connectivity index (χ1) is 15.1. The van der Waals surface area contributed by atoms with Gasteiger partial charge >= 0.3 is 0 Å². The Bertz CT molecular complexity index is 1220. The number of rotatable bonds is 7. The second-order valence-corrected chi connectivity index (χ2v) is 9.82. The largest absolute Gasteiger partial charge is 0.495 e. The van der Waals surface area contributed by atoms with Gasteiger partial charge in [-0.2, -0.15) is 0 Å². The van der Waals surface area contributed by atoms with E-state index in [1.807, 2.05) is 32.0 Å². The van der Waals surface area contributed by atoms with E-state index >= 15 is 0 Å². The highest BCUT2D eigenvalue weighted by Crippen LogP contribution is 2.29. The minimum Gasteiger partial charge on any atom is -0.495 e. The maximum atomic E-state index is 12.6. The van der Waals surface area contributed by atoms with E-state index in [0.717, 1.165) is 16.7 Å². The molecule has 1 amide bonds. The summed E-state index contributed by atoms with van der Waals surface area (Å²) in [5.41, 5.74) is 4.19. The zero-order valence-corrected chi connectivity index (χ0v) is 19.9. The van der Waals surface area contributed by atoms with Crippen LogP contribution in [0.15, 0.2) is 60.7 Å². The Kier molecular flexibility index (Phi) is 7.11. The highest BCUT2D eigenvalue weighted by atomic mass is 35.5. The standard InChI is InChI=1S/C24H25ClN2O4S/c1-16-6-5-7-17(2)23(16)27(32(4,29)30)15-18-8-10-19(11-9-18)24(28)26-20-12-13-22(31-3)21(25)14-20/h5-14H,15H2,1-4H3,(H,26,28). The molecule has 0 radical (unpaired) electrons. The van der Waals surface area contributed by atoms with Crippen molar-refractivity contribution in [3.05, 3.63) is 87.9 Å². The number of halogens is 1. The predicted molar refractivity (Wildman–Crippen MR) is 129 cm³/mol. The fourth-order valence-electron chi connectivity index (χ4n) is 3.44. The number of carbonyl (C=O) groups is 1. The van der Waals surface area contributed by atoms with E-state index in [1.165, 1.54) is 17.7 Å². The lowest BCUT2D eigenvalue weighted by Crippen LogP contribution is -2.30. The van der Waals surface area contributed by atoms with Crippen molar-refractivity contribution in [3.63, 3.8) is 0 Å². The molecule has 6 nitrogen and oxygen atoms in total. The van der Waals surface area contributed by atoms with Gasteiger partial charge < -0.3 is 10.1 Å². The summed E-state index contributed by atoms with van der Waals surface area (Å²) in [6.07, 6.45) is 1.20. The van der Waals surface area contributed by atoms with Crippen molar-refractivity contribution in [2.75, 3.05) is 23.0 Å². The molecule has 168 valence electrons. The molecule has 3 rings (SSSR count). The van der Waals surface area contributed by atoms with Gasteiger partial charge in [-0.3, -0.25) is 9.10 Å². The quantitative estimate of drug-likeness (QED) is 0.513. The van der Waals surface area contributed by atoms with Gasteiger partial charge in [0.2, 0.25) is 10.0 Å². The van der Waals surface area contributed by atoms with E-state index in [9.17, 15) is 13.2 Å². The van der Waals surface area contributed by atoms with Gasteiger partial charge in [0.05, 0.1) is 30.6 Å². The zero-order valence-electron chi connectivity index (χ0n) is 18.3. The van der Waals surface area contributed by atoms with Crippen molar-refractivity contribution in [1.29, 1.82) is 0 Å². The van der Waals surface area contributed by atoms with Crippen LogP contribution in [-0.2, 0) is 16.6 Å². The van der Waals surface area contributed by atoms with Crippen LogP contribution in [0.25, 0.3) is 0 Å². The third kappa shape index (κ3) is 5.41. The number of amides is 1. The van der Waals surface area contributed by atoms with Crippen molar-refractivity contribution in [3.8, 4) is 5.75 Å². The number of aryl methyl sites for hydroxylation is 2. The number of nitrogens with zero attached hydrogens (tertiary/aromatic N) is 1. The number of hydrogen-bond acceptors (Lipinski definition) is 4. The van der Waals surface area contributed by atoms with Crippen LogP contribution >= 0.6 is 11.6 Å². The third-order valence-electron chi connectivity index (χ3n) is 5.04. The van der Waals surface area contributed by atoms with E-state index in [4.69, 9.17) is 16.3 Å². The van der Waals surface area contributed by atoms with Crippen LogP contribution in [0.3, 0.4) is 0 Å². The normalized spacial score (nSPS) is 11.2. The summed E-state index contributed by atoms with van der Waals surface area (Å²) < 4.78 is 31.6. The fourth-order valence-corrected chi connectivity index (χ4v) is 4.70. The number of anilines is 2. The minimum absolute atomic E-state index is 0.167. The molecular formula is C24H25ClN2O4S. The number of para-hydroxylation sites is 1. The average molecular weight is 473 g/mol. The lowest BCUT2D eigenvalue weighted by molar-refractivity contribution is 0.102. The molecule has 0 unspecified atom stereocenters. The molecule has 0 saturated heterocycles. The minimum atomic E-state index is -3.51. The highest BCUT2D eigenvalue weighted by molar-refractivity contribution is 7.92. The molecular weight excluding hydrogens is 448 g/mol. The number of carbonyl (C=O) groups excluding carboxylic acids is 1. The smallest absolute Gasteiger partial charge is 0.255 e. The fraction of sp³-hybridized carbons (Fsp3) is 0.208. The van der Waals surface area contributed by atoms with Gasteiger partial charge in [0, 0.05) is 11.3 Å². The van der Waals surface area contributed by atoms with Crippen molar-refractivity contribution < 1.29 is 17.9 Å². The molecule has 0 spiro atoms. The Morgan fingerprint density at radius 3 is 2.19 bits per heavy atom. The van der Waals surface area contributed by atoms with Crippen molar-refractivity contribution in [2.24, 2.45) is 0 Å². The molecule has 0 aliphatic heterocycles. The summed E-state index contributed by atoms with van der Waals surface area (Å²) in [6, 6.07) is 17.5. The van der Waals surface area contributed by atoms with Crippen LogP contribution in [0.2, 0.25) is 5.02 Å². The molecule has 0 aliphatic carbocycles. The summed E-state index contributed by atoms with van der Waals surface area (Å²) in [5.74, 6) is 0.223. The molecule has 0 heterocycles. The van der Waals surface area contributed by atoms with E-state index in [1.54, 1.807) is 42.5 Å². The molecule has 32 heavy (non-hydrogen) atoms. The molecule has 0 bridgehead atoms. The number of sulfonamides is 1. The van der Waals surface area contributed by atoms with Crippen LogP contribution in [0, 0.1) is 13.8 Å². The second kappa shape index (κ2) is 9.63. The number of benzene rings is 3. The van der Waals surface area contributed by atoms with Crippen molar-refractivity contribution >= 4 is 38.9 Å². The van der Waals surface area contributed by atoms with Gasteiger partial charge in [-0.25, -0.2) is 8.42 Å². The molecule has 3 aromatic carbocycles. The second-order valence-electron chi connectivity index (χ2n) is 7.51. The maximum absolute atomic E-state index is 12.6. The number of hydrogen-bond donors (Lipinski definition) is 1. The Balaban J connectivity index is 1.79. The molecule has 0 atom stereocenters. The first kappa shape index (κ1) is 23.6. The van der Waals surface area contributed by atoms with Crippen LogP contribution in [0.1, 0.15) is 27.0 Å².